The summed E-state index contributed by atoms with van der Waals surface area (Å²) >= 11 is 5.07. The lowest BCUT2D eigenvalue weighted by molar-refractivity contribution is -0.110. The van der Waals surface area contributed by atoms with E-state index in [-0.39, 0.29) is 5.24 Å². The molecule has 0 saturated heterocycles. The van der Waals surface area contributed by atoms with Gasteiger partial charge in [-0.1, -0.05) is 25.5 Å². The van der Waals surface area contributed by atoms with Crippen LogP contribution in [0.3, 0.4) is 0 Å². The summed E-state index contributed by atoms with van der Waals surface area (Å²) in [5.41, 5.74) is 0. The molecule has 0 aromatic rings. The van der Waals surface area contributed by atoms with E-state index in [4.69, 9.17) is 11.6 Å². The quantitative estimate of drug-likeness (QED) is 0.440. The highest BCUT2D eigenvalue weighted by atomic mass is 35.5. The van der Waals surface area contributed by atoms with Crippen molar-refractivity contribution in [1.29, 1.82) is 0 Å². The zero-order valence-corrected chi connectivity index (χ0v) is 6.32. The summed E-state index contributed by atoms with van der Waals surface area (Å²) in [6.45, 7) is 2.09. The molecular formula is C7H11ClO. The Morgan fingerprint density at radius 1 is 1.56 bits per heavy atom. The number of carbonyl (C=O) groups is 1. The number of hydrogen-bond acceptors (Lipinski definition) is 1. The average Bonchev–Trinajstić information content (AvgIpc) is 1.80. The van der Waals surface area contributed by atoms with E-state index >= 15 is 0 Å². The van der Waals surface area contributed by atoms with Crippen LogP contribution < -0.4 is 0 Å². The molecule has 0 aliphatic heterocycles. The van der Waals surface area contributed by atoms with Gasteiger partial charge in [-0.25, -0.2) is 0 Å². The van der Waals surface area contributed by atoms with Crippen LogP contribution in [0, 0.1) is 0 Å². The van der Waals surface area contributed by atoms with Gasteiger partial charge in [0.05, 0.1) is 0 Å². The fraction of sp³-hybridized carbons (Fsp3) is 0.571. The minimum Gasteiger partial charge on any atom is -0.281 e. The van der Waals surface area contributed by atoms with E-state index < -0.39 is 0 Å². The highest BCUT2D eigenvalue weighted by molar-refractivity contribution is 6.63. The maximum atomic E-state index is 10.1. The van der Waals surface area contributed by atoms with Crippen LogP contribution in [0.15, 0.2) is 12.2 Å². The Balaban J connectivity index is 3.14. The number of halogens is 1. The van der Waals surface area contributed by atoms with Crippen LogP contribution in [0.4, 0.5) is 0 Å². The summed E-state index contributed by atoms with van der Waals surface area (Å²) in [5, 5.41) is -0.289. The van der Waals surface area contributed by atoms with Gasteiger partial charge in [0.1, 0.15) is 0 Å². The number of allylic oxidation sites excluding steroid dienone is 2. The minimum absolute atomic E-state index is 0.289. The molecule has 0 unspecified atom stereocenters. The van der Waals surface area contributed by atoms with Gasteiger partial charge in [0, 0.05) is 6.42 Å². The monoisotopic (exact) mass is 146 g/mol. The topological polar surface area (TPSA) is 17.1 Å². The van der Waals surface area contributed by atoms with Crippen LogP contribution in [0.25, 0.3) is 0 Å². The summed E-state index contributed by atoms with van der Waals surface area (Å²) in [5.74, 6) is 0. The highest BCUT2D eigenvalue weighted by Gasteiger charge is 1.86. The highest BCUT2D eigenvalue weighted by Crippen LogP contribution is 1.93. The lowest BCUT2D eigenvalue weighted by Gasteiger charge is -1.82. The summed E-state index contributed by atoms with van der Waals surface area (Å²) in [7, 11) is 0. The molecule has 0 amide bonds. The van der Waals surface area contributed by atoms with Crippen molar-refractivity contribution >= 4 is 16.8 Å². The molecule has 0 fully saturated rings. The fourth-order valence-corrected chi connectivity index (χ4v) is 0.550. The third-order valence-electron chi connectivity index (χ3n) is 0.900. The van der Waals surface area contributed by atoms with Crippen LogP contribution >= 0.6 is 11.6 Å². The van der Waals surface area contributed by atoms with Gasteiger partial charge in [-0.3, -0.25) is 4.79 Å². The first kappa shape index (κ1) is 8.70. The second-order valence-corrected chi connectivity index (χ2v) is 2.24. The molecule has 0 bridgehead atoms. The lowest BCUT2D eigenvalue weighted by Crippen LogP contribution is -1.78. The van der Waals surface area contributed by atoms with Crippen LogP contribution in [0.2, 0.25) is 0 Å². The Morgan fingerprint density at radius 3 is 2.67 bits per heavy atom. The Hall–Kier alpha value is -0.300. The summed E-state index contributed by atoms with van der Waals surface area (Å²) in [4.78, 5) is 10.1. The maximum Gasteiger partial charge on any atom is 0.225 e. The van der Waals surface area contributed by atoms with Gasteiger partial charge in [-0.05, 0) is 18.0 Å². The molecule has 0 aliphatic carbocycles. The normalized spacial score (nSPS) is 10.4. The minimum atomic E-state index is -0.289. The second-order valence-electron chi connectivity index (χ2n) is 1.82. The molecule has 2 heteroatoms. The molecule has 1 nitrogen and oxygen atoms in total. The fourth-order valence-electron chi connectivity index (χ4n) is 0.461. The van der Waals surface area contributed by atoms with E-state index in [2.05, 4.69) is 6.92 Å². The molecule has 9 heavy (non-hydrogen) atoms. The molecular weight excluding hydrogens is 136 g/mol. The second kappa shape index (κ2) is 5.83. The Morgan fingerprint density at radius 2 is 2.22 bits per heavy atom. The smallest absolute Gasteiger partial charge is 0.225 e. The van der Waals surface area contributed by atoms with Gasteiger partial charge in [-0.15, -0.1) is 0 Å². The number of hydrogen-bond donors (Lipinski definition) is 0. The van der Waals surface area contributed by atoms with Crippen molar-refractivity contribution in [2.75, 3.05) is 0 Å². The summed E-state index contributed by atoms with van der Waals surface area (Å²) < 4.78 is 0. The first-order chi connectivity index (χ1) is 4.27. The lowest BCUT2D eigenvalue weighted by atomic mass is 10.3. The van der Waals surface area contributed by atoms with Crippen LogP contribution in [0.5, 0.6) is 0 Å². The van der Waals surface area contributed by atoms with Crippen molar-refractivity contribution in [2.24, 2.45) is 0 Å². The standard InChI is InChI=1S/C7H11ClO/c1-2-3-4-5-6-7(8)9/h4-5H,2-3,6H2,1H3/b5-4-. The average molecular weight is 147 g/mol. The number of rotatable bonds is 4. The van der Waals surface area contributed by atoms with Gasteiger partial charge >= 0.3 is 0 Å². The third kappa shape index (κ3) is 7.70. The van der Waals surface area contributed by atoms with E-state index in [9.17, 15) is 4.79 Å². The number of carbonyl (C=O) groups excluding carboxylic acids is 1. The van der Waals surface area contributed by atoms with E-state index in [0.717, 1.165) is 12.8 Å². The van der Waals surface area contributed by atoms with Crippen LogP contribution in [0.1, 0.15) is 26.2 Å². The van der Waals surface area contributed by atoms with E-state index in [1.54, 1.807) is 6.08 Å². The number of unbranched alkanes of at least 4 members (excludes halogenated alkanes) is 1. The van der Waals surface area contributed by atoms with Gasteiger partial charge in [0.25, 0.3) is 0 Å². The molecule has 0 aromatic heterocycles. The SMILES string of the molecule is CCC/C=C\CC(=O)Cl. The van der Waals surface area contributed by atoms with Gasteiger partial charge in [0.2, 0.25) is 5.24 Å². The molecule has 0 saturated carbocycles. The van der Waals surface area contributed by atoms with E-state index in [1.165, 1.54) is 0 Å². The Kier molecular flexibility index (Phi) is 5.64. The molecule has 52 valence electrons. The zero-order chi connectivity index (χ0) is 7.11. The molecule has 0 rings (SSSR count). The molecule has 0 spiro atoms. The molecule has 0 heterocycles. The Bertz CT molecular complexity index is 107. The van der Waals surface area contributed by atoms with Crippen molar-refractivity contribution in [1.82, 2.24) is 0 Å². The van der Waals surface area contributed by atoms with Crippen molar-refractivity contribution in [3.63, 3.8) is 0 Å². The predicted octanol–water partition coefficient (Wildman–Crippen LogP) is 2.50. The largest absolute Gasteiger partial charge is 0.281 e. The van der Waals surface area contributed by atoms with Crippen LogP contribution in [-0.2, 0) is 4.79 Å². The maximum absolute atomic E-state index is 10.1. The summed E-state index contributed by atoms with van der Waals surface area (Å²) in [6, 6.07) is 0. The predicted molar refractivity (Wildman–Crippen MR) is 39.5 cm³/mol. The first-order valence-electron chi connectivity index (χ1n) is 3.10. The van der Waals surface area contributed by atoms with Crippen LogP contribution in [-0.4, -0.2) is 5.24 Å². The molecule has 0 aliphatic rings. The van der Waals surface area contributed by atoms with Crippen molar-refractivity contribution in [3.8, 4) is 0 Å². The Labute approximate surface area is 60.7 Å². The van der Waals surface area contributed by atoms with Crippen molar-refractivity contribution in [3.05, 3.63) is 12.2 Å². The molecule has 0 radical (unpaired) electrons. The van der Waals surface area contributed by atoms with Crippen molar-refractivity contribution in [2.45, 2.75) is 26.2 Å². The van der Waals surface area contributed by atoms with Gasteiger partial charge in [-0.2, -0.15) is 0 Å². The third-order valence-corrected chi connectivity index (χ3v) is 1.05. The molecule has 0 N–H and O–H groups in total. The van der Waals surface area contributed by atoms with Gasteiger partial charge in [0.15, 0.2) is 0 Å². The van der Waals surface area contributed by atoms with E-state index in [0.29, 0.717) is 6.42 Å². The van der Waals surface area contributed by atoms with E-state index in [1.807, 2.05) is 6.08 Å². The zero-order valence-electron chi connectivity index (χ0n) is 5.56. The molecule has 0 atom stereocenters. The first-order valence-corrected chi connectivity index (χ1v) is 3.48. The molecule has 0 aromatic carbocycles. The summed E-state index contributed by atoms with van der Waals surface area (Å²) in [6.07, 6.45) is 6.29. The van der Waals surface area contributed by atoms with Gasteiger partial charge < -0.3 is 0 Å². The van der Waals surface area contributed by atoms with Crippen molar-refractivity contribution < 1.29 is 4.79 Å².